The molecule has 2 aliphatic rings. The van der Waals surface area contributed by atoms with Crippen LogP contribution in [0.25, 0.3) is 0 Å². The molecule has 0 aromatic heterocycles. The van der Waals surface area contributed by atoms with E-state index in [4.69, 9.17) is 5.73 Å². The summed E-state index contributed by atoms with van der Waals surface area (Å²) in [7, 11) is 0. The van der Waals surface area contributed by atoms with E-state index < -0.39 is 0 Å². The third-order valence-corrected chi connectivity index (χ3v) is 4.28. The van der Waals surface area contributed by atoms with Crippen LogP contribution in [0, 0.1) is 11.8 Å². The second kappa shape index (κ2) is 5.17. The molecule has 1 heterocycles. The maximum absolute atomic E-state index is 12.4. The van der Waals surface area contributed by atoms with Gasteiger partial charge in [-0.3, -0.25) is 4.79 Å². The molecule has 3 heteroatoms. The molecule has 2 N–H and O–H groups in total. The van der Waals surface area contributed by atoms with Gasteiger partial charge in [-0.25, -0.2) is 0 Å². The molecule has 2 rings (SSSR count). The Morgan fingerprint density at radius 3 is 2.50 bits per heavy atom. The molecule has 3 atom stereocenters. The van der Waals surface area contributed by atoms with Gasteiger partial charge >= 0.3 is 0 Å². The Morgan fingerprint density at radius 1 is 1.12 bits per heavy atom. The number of carbonyl (C=O) groups excluding carboxylic acids is 1. The first-order chi connectivity index (χ1) is 7.70. The van der Waals surface area contributed by atoms with Crippen molar-refractivity contribution in [2.75, 3.05) is 13.1 Å². The highest BCUT2D eigenvalue weighted by molar-refractivity contribution is 5.79. The third-order valence-electron chi connectivity index (χ3n) is 4.28. The van der Waals surface area contributed by atoms with Crippen LogP contribution in [0.3, 0.4) is 0 Å². The first-order valence-corrected chi connectivity index (χ1v) is 6.74. The van der Waals surface area contributed by atoms with Gasteiger partial charge in [0.1, 0.15) is 0 Å². The molecule has 16 heavy (non-hydrogen) atoms. The highest BCUT2D eigenvalue weighted by Gasteiger charge is 2.35. The molecule has 0 spiro atoms. The third kappa shape index (κ3) is 2.40. The summed E-state index contributed by atoms with van der Waals surface area (Å²) in [6, 6.07) is 0.0863. The van der Waals surface area contributed by atoms with Gasteiger partial charge in [0.05, 0.1) is 5.92 Å². The van der Waals surface area contributed by atoms with Crippen molar-refractivity contribution in [3.8, 4) is 0 Å². The van der Waals surface area contributed by atoms with E-state index in [1.165, 1.54) is 32.1 Å². The summed E-state index contributed by atoms with van der Waals surface area (Å²) in [5.74, 6) is 0.938. The molecule has 3 unspecified atom stereocenters. The molecule has 0 aromatic carbocycles. The summed E-state index contributed by atoms with van der Waals surface area (Å²) in [5.41, 5.74) is 6.18. The lowest BCUT2D eigenvalue weighted by Gasteiger charge is -2.37. The van der Waals surface area contributed by atoms with Crippen LogP contribution in [0.1, 0.15) is 45.4 Å². The number of rotatable bonds is 1. The average molecular weight is 224 g/mol. The monoisotopic (exact) mass is 224 g/mol. The standard InChI is InChI=1S/C13H24N2O/c1-10-6-5-7-11(12(10)14)13(16)15-8-3-2-4-9-15/h10-12H,2-9,14H2,1H3. The molecule has 0 aromatic rings. The Morgan fingerprint density at radius 2 is 1.81 bits per heavy atom. The topological polar surface area (TPSA) is 46.3 Å². The predicted octanol–water partition coefficient (Wildman–Crippen LogP) is 1.76. The normalized spacial score (nSPS) is 36.1. The minimum Gasteiger partial charge on any atom is -0.342 e. The van der Waals surface area contributed by atoms with Crippen LogP contribution < -0.4 is 5.73 Å². The number of amides is 1. The van der Waals surface area contributed by atoms with Crippen molar-refractivity contribution >= 4 is 5.91 Å². The van der Waals surface area contributed by atoms with Gasteiger partial charge in [0.15, 0.2) is 0 Å². The first-order valence-electron chi connectivity index (χ1n) is 6.74. The largest absolute Gasteiger partial charge is 0.342 e. The average Bonchev–Trinajstić information content (AvgIpc) is 2.33. The van der Waals surface area contributed by atoms with Gasteiger partial charge in [-0.05, 0) is 38.0 Å². The lowest BCUT2D eigenvalue weighted by molar-refractivity contribution is -0.138. The van der Waals surface area contributed by atoms with E-state index in [1.54, 1.807) is 0 Å². The van der Waals surface area contributed by atoms with E-state index in [2.05, 4.69) is 6.92 Å². The molecule has 1 aliphatic heterocycles. The van der Waals surface area contributed by atoms with E-state index in [0.717, 1.165) is 19.5 Å². The van der Waals surface area contributed by atoms with Crippen molar-refractivity contribution in [1.82, 2.24) is 4.90 Å². The molecule has 3 nitrogen and oxygen atoms in total. The van der Waals surface area contributed by atoms with Crippen LogP contribution >= 0.6 is 0 Å². The number of carbonyl (C=O) groups is 1. The van der Waals surface area contributed by atoms with E-state index in [9.17, 15) is 4.79 Å². The summed E-state index contributed by atoms with van der Waals surface area (Å²) in [6.45, 7) is 4.09. The molecule has 1 aliphatic carbocycles. The fraction of sp³-hybridized carbons (Fsp3) is 0.923. The second-order valence-corrected chi connectivity index (χ2v) is 5.48. The SMILES string of the molecule is CC1CCCC(C(=O)N2CCCCC2)C1N. The number of piperidine rings is 1. The van der Waals surface area contributed by atoms with Crippen molar-refractivity contribution in [1.29, 1.82) is 0 Å². The van der Waals surface area contributed by atoms with Gasteiger partial charge in [0.2, 0.25) is 5.91 Å². The van der Waals surface area contributed by atoms with E-state index in [1.807, 2.05) is 4.90 Å². The number of nitrogens with two attached hydrogens (primary N) is 1. The smallest absolute Gasteiger partial charge is 0.227 e. The summed E-state index contributed by atoms with van der Waals surface area (Å²) in [4.78, 5) is 14.4. The Kier molecular flexibility index (Phi) is 3.85. The van der Waals surface area contributed by atoms with Crippen molar-refractivity contribution in [3.63, 3.8) is 0 Å². The molecule has 0 bridgehead atoms. The molecule has 1 saturated heterocycles. The van der Waals surface area contributed by atoms with Crippen LogP contribution in [0.4, 0.5) is 0 Å². The zero-order chi connectivity index (χ0) is 11.5. The Bertz CT molecular complexity index is 248. The van der Waals surface area contributed by atoms with Gasteiger partial charge < -0.3 is 10.6 Å². The van der Waals surface area contributed by atoms with Gasteiger partial charge in [-0.15, -0.1) is 0 Å². The van der Waals surface area contributed by atoms with Crippen LogP contribution in [-0.2, 0) is 4.79 Å². The Hall–Kier alpha value is -0.570. The van der Waals surface area contributed by atoms with Gasteiger partial charge in [-0.2, -0.15) is 0 Å². The van der Waals surface area contributed by atoms with E-state index in [0.29, 0.717) is 11.8 Å². The fourth-order valence-electron chi connectivity index (χ4n) is 3.08. The maximum atomic E-state index is 12.4. The molecule has 1 saturated carbocycles. The number of likely N-dealkylation sites (tertiary alicyclic amines) is 1. The van der Waals surface area contributed by atoms with Crippen LogP contribution in [0.15, 0.2) is 0 Å². The minimum absolute atomic E-state index is 0.0863. The van der Waals surface area contributed by atoms with Gasteiger partial charge in [-0.1, -0.05) is 13.3 Å². The number of hydrogen-bond donors (Lipinski definition) is 1. The van der Waals surface area contributed by atoms with Crippen LogP contribution in [0.5, 0.6) is 0 Å². The Balaban J connectivity index is 1.96. The lowest BCUT2D eigenvalue weighted by atomic mass is 9.77. The number of nitrogens with zero attached hydrogens (tertiary/aromatic N) is 1. The molecule has 0 radical (unpaired) electrons. The molecular weight excluding hydrogens is 200 g/mol. The minimum atomic E-state index is 0.0863. The highest BCUT2D eigenvalue weighted by Crippen LogP contribution is 2.29. The van der Waals surface area contributed by atoms with Crippen molar-refractivity contribution in [3.05, 3.63) is 0 Å². The molecule has 2 fully saturated rings. The van der Waals surface area contributed by atoms with Gasteiger partial charge in [0, 0.05) is 19.1 Å². The predicted molar refractivity (Wildman–Crippen MR) is 64.9 cm³/mol. The Labute approximate surface area is 98.4 Å². The fourth-order valence-corrected chi connectivity index (χ4v) is 3.08. The molecule has 92 valence electrons. The second-order valence-electron chi connectivity index (χ2n) is 5.48. The van der Waals surface area contributed by atoms with Gasteiger partial charge in [0.25, 0.3) is 0 Å². The lowest BCUT2D eigenvalue weighted by Crippen LogP contribution is -2.49. The van der Waals surface area contributed by atoms with Crippen LogP contribution in [-0.4, -0.2) is 29.9 Å². The van der Waals surface area contributed by atoms with Crippen LogP contribution in [0.2, 0.25) is 0 Å². The van der Waals surface area contributed by atoms with E-state index in [-0.39, 0.29) is 12.0 Å². The summed E-state index contributed by atoms with van der Waals surface area (Å²) >= 11 is 0. The quantitative estimate of drug-likeness (QED) is 0.737. The van der Waals surface area contributed by atoms with Crippen molar-refractivity contribution in [2.45, 2.75) is 51.5 Å². The highest BCUT2D eigenvalue weighted by atomic mass is 16.2. The summed E-state index contributed by atoms with van der Waals surface area (Å²) < 4.78 is 0. The number of hydrogen-bond acceptors (Lipinski definition) is 2. The molecule has 1 amide bonds. The van der Waals surface area contributed by atoms with Crippen molar-refractivity contribution < 1.29 is 4.79 Å². The van der Waals surface area contributed by atoms with Crippen molar-refractivity contribution in [2.24, 2.45) is 17.6 Å². The zero-order valence-corrected chi connectivity index (χ0v) is 10.3. The summed E-state index contributed by atoms with van der Waals surface area (Å²) in [5, 5.41) is 0. The van der Waals surface area contributed by atoms with E-state index >= 15 is 0 Å². The maximum Gasteiger partial charge on any atom is 0.227 e. The summed E-state index contributed by atoms with van der Waals surface area (Å²) in [6.07, 6.45) is 6.97. The first kappa shape index (κ1) is 11.9. The zero-order valence-electron chi connectivity index (χ0n) is 10.3. The molecular formula is C13H24N2O.